The lowest BCUT2D eigenvalue weighted by molar-refractivity contribution is -0.122. The maximum Gasteiger partial charge on any atom is 0.221 e. The van der Waals surface area contributed by atoms with Crippen molar-refractivity contribution < 1.29 is 4.79 Å². The molecule has 0 spiro atoms. The zero-order chi connectivity index (χ0) is 16.0. The topological polar surface area (TPSA) is 42.0 Å². The van der Waals surface area contributed by atoms with Gasteiger partial charge in [-0.2, -0.15) is 0 Å². The molecule has 0 bridgehead atoms. The highest BCUT2D eigenvalue weighted by Gasteiger charge is 2.24. The Kier molecular flexibility index (Phi) is 5.57. The highest BCUT2D eigenvalue weighted by atomic mass is 32.1. The number of nitrogens with zero attached hydrogens (tertiary/aromatic N) is 1. The lowest BCUT2D eigenvalue weighted by atomic mass is 9.93. The number of carbonyl (C=O) groups excluding carboxylic acids is 1. The Hall–Kier alpha value is -1.86. The molecule has 0 saturated heterocycles. The number of nitrogens with one attached hydrogen (secondary N) is 1. The summed E-state index contributed by atoms with van der Waals surface area (Å²) in [5.41, 5.74) is 0.544. The molecule has 1 heterocycles. The van der Waals surface area contributed by atoms with Crippen molar-refractivity contribution in [3.63, 3.8) is 0 Å². The van der Waals surface area contributed by atoms with E-state index in [2.05, 4.69) is 22.3 Å². The van der Waals surface area contributed by atoms with Gasteiger partial charge in [0.25, 0.3) is 0 Å². The molecular formula is C18H22N2OS. The van der Waals surface area contributed by atoms with Crippen molar-refractivity contribution in [2.75, 3.05) is 0 Å². The Balaban J connectivity index is 1.85. The molecule has 0 radical (unpaired) electrons. The van der Waals surface area contributed by atoms with Crippen molar-refractivity contribution in [2.45, 2.75) is 51.5 Å². The summed E-state index contributed by atoms with van der Waals surface area (Å²) in [5, 5.41) is 4.09. The van der Waals surface area contributed by atoms with E-state index in [1.165, 1.54) is 4.70 Å². The summed E-state index contributed by atoms with van der Waals surface area (Å²) in [5.74, 6) is 2.76. The zero-order valence-corrected chi connectivity index (χ0v) is 14.0. The molecule has 3 nitrogen and oxygen atoms in total. The fraction of sp³-hybridized carbons (Fsp3) is 0.444. The van der Waals surface area contributed by atoms with Crippen molar-refractivity contribution >= 4 is 27.5 Å². The lowest BCUT2D eigenvalue weighted by Crippen LogP contribution is -2.46. The van der Waals surface area contributed by atoms with Crippen molar-refractivity contribution in [1.29, 1.82) is 0 Å². The number of rotatable bonds is 7. The van der Waals surface area contributed by atoms with E-state index in [0.717, 1.165) is 36.2 Å². The van der Waals surface area contributed by atoms with Crippen LogP contribution in [0.5, 0.6) is 0 Å². The third-order valence-electron chi connectivity index (χ3n) is 3.99. The van der Waals surface area contributed by atoms with Crippen LogP contribution in [-0.4, -0.2) is 16.4 Å². The predicted octanol–water partition coefficient (Wildman–Crippen LogP) is 3.93. The van der Waals surface area contributed by atoms with Gasteiger partial charge in [-0.15, -0.1) is 17.8 Å². The van der Waals surface area contributed by atoms with E-state index in [4.69, 9.17) is 6.42 Å². The highest BCUT2D eigenvalue weighted by Crippen LogP contribution is 2.22. The summed E-state index contributed by atoms with van der Waals surface area (Å²) in [6, 6.07) is 8.11. The Morgan fingerprint density at radius 3 is 2.73 bits per heavy atom. The van der Waals surface area contributed by atoms with Crippen LogP contribution in [0.4, 0.5) is 0 Å². The van der Waals surface area contributed by atoms with Crippen LogP contribution in [0.1, 0.15) is 44.5 Å². The average Bonchev–Trinajstić information content (AvgIpc) is 2.95. The van der Waals surface area contributed by atoms with Crippen LogP contribution < -0.4 is 5.32 Å². The van der Waals surface area contributed by atoms with E-state index < -0.39 is 5.54 Å². The number of amides is 1. The van der Waals surface area contributed by atoms with Crippen LogP contribution in [0, 0.1) is 12.3 Å². The number of aromatic nitrogens is 1. The second-order valence-electron chi connectivity index (χ2n) is 5.41. The standard InChI is InChI=1S/C18H22N2OS/c1-4-18(5-2,6-3)20-16(21)12-9-13-17-19-14-10-7-8-11-15(14)22-17/h1,7-8,10-11H,5-6,9,12-13H2,2-3H3,(H,20,21). The molecular weight excluding hydrogens is 292 g/mol. The predicted molar refractivity (Wildman–Crippen MR) is 92.8 cm³/mol. The van der Waals surface area contributed by atoms with Crippen LogP contribution in [0.2, 0.25) is 0 Å². The highest BCUT2D eigenvalue weighted by molar-refractivity contribution is 7.18. The van der Waals surface area contributed by atoms with Gasteiger partial charge in [0, 0.05) is 6.42 Å². The first-order valence-electron chi connectivity index (χ1n) is 7.75. The van der Waals surface area contributed by atoms with Gasteiger partial charge in [0.15, 0.2) is 0 Å². The summed E-state index contributed by atoms with van der Waals surface area (Å²) in [6.45, 7) is 4.01. The minimum atomic E-state index is -0.493. The third kappa shape index (κ3) is 3.86. The van der Waals surface area contributed by atoms with Crippen molar-refractivity contribution in [3.8, 4) is 12.3 Å². The lowest BCUT2D eigenvalue weighted by Gasteiger charge is -2.27. The van der Waals surface area contributed by atoms with Gasteiger partial charge in [-0.05, 0) is 37.8 Å². The molecule has 0 unspecified atom stereocenters. The largest absolute Gasteiger partial charge is 0.340 e. The number of terminal acetylenes is 1. The molecule has 2 aromatic rings. The molecule has 1 aromatic carbocycles. The Labute approximate surface area is 136 Å². The molecule has 0 aliphatic rings. The Morgan fingerprint density at radius 2 is 2.09 bits per heavy atom. The van der Waals surface area contributed by atoms with Crippen molar-refractivity contribution in [1.82, 2.24) is 10.3 Å². The van der Waals surface area contributed by atoms with Crippen LogP contribution in [0.25, 0.3) is 10.2 Å². The fourth-order valence-corrected chi connectivity index (χ4v) is 3.43. The van der Waals surface area contributed by atoms with Gasteiger partial charge in [0.2, 0.25) is 5.91 Å². The maximum absolute atomic E-state index is 12.1. The number of para-hydroxylation sites is 1. The summed E-state index contributed by atoms with van der Waals surface area (Å²) in [7, 11) is 0. The summed E-state index contributed by atoms with van der Waals surface area (Å²) in [6.07, 6.45) is 9.18. The molecule has 0 saturated carbocycles. The molecule has 2 rings (SSSR count). The van der Waals surface area contributed by atoms with Crippen LogP contribution in [-0.2, 0) is 11.2 Å². The quantitative estimate of drug-likeness (QED) is 0.787. The molecule has 22 heavy (non-hydrogen) atoms. The first-order valence-corrected chi connectivity index (χ1v) is 8.57. The minimum absolute atomic E-state index is 0.0303. The third-order valence-corrected chi connectivity index (χ3v) is 5.09. The summed E-state index contributed by atoms with van der Waals surface area (Å²) < 4.78 is 1.20. The number of fused-ring (bicyclic) bond motifs is 1. The van der Waals surface area contributed by atoms with Crippen LogP contribution in [0.3, 0.4) is 0 Å². The monoisotopic (exact) mass is 314 g/mol. The van der Waals surface area contributed by atoms with Gasteiger partial charge >= 0.3 is 0 Å². The van der Waals surface area contributed by atoms with E-state index in [9.17, 15) is 4.79 Å². The molecule has 1 aromatic heterocycles. The maximum atomic E-state index is 12.1. The fourth-order valence-electron chi connectivity index (χ4n) is 2.42. The van der Waals surface area contributed by atoms with Gasteiger partial charge in [-0.1, -0.05) is 31.9 Å². The summed E-state index contributed by atoms with van der Waals surface area (Å²) >= 11 is 1.70. The molecule has 0 fully saturated rings. The molecule has 0 aliphatic carbocycles. The van der Waals surface area contributed by atoms with Gasteiger partial charge < -0.3 is 5.32 Å². The first kappa shape index (κ1) is 16.5. The Morgan fingerprint density at radius 1 is 1.36 bits per heavy atom. The molecule has 0 atom stereocenters. The second kappa shape index (κ2) is 7.42. The molecule has 4 heteroatoms. The first-order chi connectivity index (χ1) is 10.6. The smallest absolute Gasteiger partial charge is 0.221 e. The minimum Gasteiger partial charge on any atom is -0.340 e. The van der Waals surface area contributed by atoms with Gasteiger partial charge in [0.1, 0.15) is 5.54 Å². The van der Waals surface area contributed by atoms with Crippen molar-refractivity contribution in [2.24, 2.45) is 0 Å². The number of benzene rings is 1. The number of carbonyl (C=O) groups is 1. The normalized spacial score (nSPS) is 11.3. The molecule has 1 N–H and O–H groups in total. The van der Waals surface area contributed by atoms with E-state index >= 15 is 0 Å². The molecule has 116 valence electrons. The average molecular weight is 314 g/mol. The summed E-state index contributed by atoms with van der Waals surface area (Å²) in [4.78, 5) is 16.7. The second-order valence-corrected chi connectivity index (χ2v) is 6.53. The number of hydrogen-bond acceptors (Lipinski definition) is 3. The van der Waals surface area contributed by atoms with Gasteiger partial charge in [0.05, 0.1) is 15.2 Å². The van der Waals surface area contributed by atoms with Crippen LogP contribution in [0.15, 0.2) is 24.3 Å². The van der Waals surface area contributed by atoms with E-state index in [1.54, 1.807) is 11.3 Å². The van der Waals surface area contributed by atoms with E-state index in [1.807, 2.05) is 32.0 Å². The Bertz CT molecular complexity index is 647. The number of aryl methyl sites for hydroxylation is 1. The van der Waals surface area contributed by atoms with Crippen LogP contribution >= 0.6 is 11.3 Å². The van der Waals surface area contributed by atoms with Crippen molar-refractivity contribution in [3.05, 3.63) is 29.3 Å². The SMILES string of the molecule is C#CC(CC)(CC)NC(=O)CCCc1nc2ccccc2s1. The van der Waals surface area contributed by atoms with Gasteiger partial charge in [-0.25, -0.2) is 4.98 Å². The number of hydrogen-bond donors (Lipinski definition) is 1. The molecule has 0 aliphatic heterocycles. The molecule has 1 amide bonds. The number of thiazole rings is 1. The zero-order valence-electron chi connectivity index (χ0n) is 13.2. The van der Waals surface area contributed by atoms with E-state index in [-0.39, 0.29) is 5.91 Å². The van der Waals surface area contributed by atoms with Gasteiger partial charge in [-0.3, -0.25) is 4.79 Å². The van der Waals surface area contributed by atoms with E-state index in [0.29, 0.717) is 6.42 Å².